The molecule has 4 aliphatic rings. The van der Waals surface area contributed by atoms with Crippen LogP contribution in [0.1, 0.15) is 97.8 Å². The van der Waals surface area contributed by atoms with Gasteiger partial charge in [0.2, 0.25) is 0 Å². The fraction of sp³-hybridized carbons (Fsp3) is 0.667. The Labute approximate surface area is 238 Å². The van der Waals surface area contributed by atoms with E-state index >= 15 is 0 Å². The number of hydrogen-bond donors (Lipinski definition) is 2. The van der Waals surface area contributed by atoms with Crippen molar-refractivity contribution in [1.82, 2.24) is 0 Å². The maximum absolute atomic E-state index is 6.47. The third kappa shape index (κ3) is 5.08. The van der Waals surface area contributed by atoms with Crippen LogP contribution in [0.25, 0.3) is 0 Å². The number of fused-ring (bicyclic) bond motifs is 5. The van der Waals surface area contributed by atoms with Crippen molar-refractivity contribution < 1.29 is 4.74 Å². The summed E-state index contributed by atoms with van der Waals surface area (Å²) < 4.78 is 6.47. The lowest BCUT2D eigenvalue weighted by molar-refractivity contribution is -0.119. The number of nitrogen functional groups attached to an aromatic ring is 2. The molecule has 0 aliphatic heterocycles. The summed E-state index contributed by atoms with van der Waals surface area (Å²) in [5, 5.41) is 0. The van der Waals surface area contributed by atoms with Gasteiger partial charge in [0.05, 0.1) is 11.8 Å². The Morgan fingerprint density at radius 3 is 2.62 bits per heavy atom. The molecule has 0 bridgehead atoms. The first-order valence-corrected chi connectivity index (χ1v) is 16.0. The molecule has 0 saturated heterocycles. The van der Waals surface area contributed by atoms with Crippen molar-refractivity contribution in [2.45, 2.75) is 104 Å². The van der Waals surface area contributed by atoms with Crippen molar-refractivity contribution in [3.8, 4) is 5.75 Å². The quantitative estimate of drug-likeness (QED) is 0.247. The largest absolute Gasteiger partial charge is 0.488 e. The summed E-state index contributed by atoms with van der Waals surface area (Å²) in [6.07, 6.45) is 22.7. The molecule has 214 valence electrons. The molecule has 0 radical (unpaired) electrons. The van der Waals surface area contributed by atoms with Crippen molar-refractivity contribution >= 4 is 11.4 Å². The van der Waals surface area contributed by atoms with Gasteiger partial charge in [-0.15, -0.1) is 13.2 Å². The van der Waals surface area contributed by atoms with Crippen molar-refractivity contribution in [2.24, 2.45) is 46.3 Å². The second-order valence-electron chi connectivity index (χ2n) is 13.9. The molecule has 3 nitrogen and oxygen atoms in total. The van der Waals surface area contributed by atoms with E-state index in [-0.39, 0.29) is 6.10 Å². The van der Waals surface area contributed by atoms with Crippen LogP contribution in [0.5, 0.6) is 5.75 Å². The molecule has 9 unspecified atom stereocenters. The van der Waals surface area contributed by atoms with E-state index in [1.165, 1.54) is 63.4 Å². The van der Waals surface area contributed by atoms with Crippen molar-refractivity contribution in [3.05, 3.63) is 55.2 Å². The van der Waals surface area contributed by atoms with Crippen LogP contribution in [0.15, 0.2) is 55.2 Å². The first-order chi connectivity index (χ1) is 18.8. The van der Waals surface area contributed by atoms with Gasteiger partial charge < -0.3 is 16.2 Å². The van der Waals surface area contributed by atoms with Crippen LogP contribution in [0.3, 0.4) is 0 Å². The van der Waals surface area contributed by atoms with E-state index in [1.807, 2.05) is 18.2 Å². The molecule has 1 aromatic rings. The molecule has 4 saturated carbocycles. The molecule has 4 fully saturated rings. The van der Waals surface area contributed by atoms with E-state index < -0.39 is 0 Å². The molecule has 0 heterocycles. The van der Waals surface area contributed by atoms with Crippen LogP contribution in [0.2, 0.25) is 0 Å². The molecule has 9 atom stereocenters. The molecule has 1 aromatic carbocycles. The summed E-state index contributed by atoms with van der Waals surface area (Å²) in [4.78, 5) is 0. The van der Waals surface area contributed by atoms with Gasteiger partial charge in [-0.3, -0.25) is 0 Å². The van der Waals surface area contributed by atoms with Crippen molar-refractivity contribution in [1.29, 1.82) is 0 Å². The van der Waals surface area contributed by atoms with Crippen molar-refractivity contribution in [2.75, 3.05) is 11.5 Å². The summed E-state index contributed by atoms with van der Waals surface area (Å²) in [6, 6.07) is 5.65. The summed E-state index contributed by atoms with van der Waals surface area (Å²) in [7, 11) is 0. The van der Waals surface area contributed by atoms with E-state index in [4.69, 9.17) is 16.2 Å². The van der Waals surface area contributed by atoms with Gasteiger partial charge in [-0.1, -0.05) is 37.6 Å². The molecule has 39 heavy (non-hydrogen) atoms. The highest BCUT2D eigenvalue weighted by Gasteiger charge is 2.61. The van der Waals surface area contributed by atoms with Gasteiger partial charge in [0.25, 0.3) is 0 Å². The summed E-state index contributed by atoms with van der Waals surface area (Å²) in [6.45, 7) is 16.0. The zero-order valence-electron chi connectivity index (χ0n) is 25.0. The van der Waals surface area contributed by atoms with Crippen LogP contribution < -0.4 is 16.2 Å². The molecule has 0 spiro atoms. The highest BCUT2D eigenvalue weighted by molar-refractivity contribution is 5.60. The predicted octanol–water partition coefficient (Wildman–Crippen LogP) is 9.36. The number of benzene rings is 1. The average molecular weight is 531 g/mol. The summed E-state index contributed by atoms with van der Waals surface area (Å²) in [5.74, 6) is 5.35. The molecule has 5 rings (SSSR count). The van der Waals surface area contributed by atoms with Crippen molar-refractivity contribution in [3.63, 3.8) is 0 Å². The Kier molecular flexibility index (Phi) is 8.28. The second kappa shape index (κ2) is 11.4. The zero-order chi connectivity index (χ0) is 27.8. The highest BCUT2D eigenvalue weighted by atomic mass is 16.5. The molecule has 0 aromatic heterocycles. The average Bonchev–Trinajstić information content (AvgIpc) is 3.32. The van der Waals surface area contributed by atoms with E-state index in [2.05, 4.69) is 52.2 Å². The summed E-state index contributed by atoms with van der Waals surface area (Å²) in [5.41, 5.74) is 15.7. The Balaban J connectivity index is 1.28. The maximum atomic E-state index is 6.47. The first-order valence-electron chi connectivity index (χ1n) is 16.0. The monoisotopic (exact) mass is 530 g/mol. The normalized spacial score (nSPS) is 38.7. The van der Waals surface area contributed by atoms with E-state index in [0.29, 0.717) is 34.0 Å². The topological polar surface area (TPSA) is 61.3 Å². The van der Waals surface area contributed by atoms with Crippen LogP contribution >= 0.6 is 0 Å². The number of ether oxygens (including phenoxy) is 1. The maximum Gasteiger partial charge on any atom is 0.142 e. The lowest BCUT2D eigenvalue weighted by Crippen LogP contribution is -2.54. The number of nitrogens with two attached hydrogens (primary N) is 2. The van der Waals surface area contributed by atoms with Gasteiger partial charge >= 0.3 is 0 Å². The lowest BCUT2D eigenvalue weighted by Gasteiger charge is -2.61. The predicted molar refractivity (Wildman–Crippen MR) is 166 cm³/mol. The Morgan fingerprint density at radius 2 is 1.90 bits per heavy atom. The zero-order valence-corrected chi connectivity index (χ0v) is 25.0. The summed E-state index contributed by atoms with van der Waals surface area (Å²) >= 11 is 0. The standard InChI is InChI=1S/C36H54N2O/c1-6-24(4)10-9-11-25(7-2)30-15-16-32-29-14-12-26-22-28(39-34-17-13-27(37)23-33(34)38)18-20-35(26,5)31(29)19-21-36(30,32)8-3/h7-8,10,13,17,23,25-26,28-32H,2-3,6,9,11-12,14-16,18-22,37-38H2,1,4-5H3/b24-10-. The lowest BCUT2D eigenvalue weighted by atomic mass is 9.44. The Hall–Kier alpha value is -2.16. The van der Waals surface area contributed by atoms with Gasteiger partial charge in [0, 0.05) is 5.69 Å². The minimum absolute atomic E-state index is 0.260. The van der Waals surface area contributed by atoms with Gasteiger partial charge in [0.15, 0.2) is 0 Å². The van der Waals surface area contributed by atoms with Gasteiger partial charge in [-0.25, -0.2) is 0 Å². The van der Waals surface area contributed by atoms with Crippen LogP contribution in [-0.2, 0) is 0 Å². The highest BCUT2D eigenvalue weighted by Crippen LogP contribution is 2.69. The number of hydrogen-bond acceptors (Lipinski definition) is 3. The van der Waals surface area contributed by atoms with Gasteiger partial charge in [-0.2, -0.15) is 0 Å². The molecule has 0 amide bonds. The minimum Gasteiger partial charge on any atom is -0.488 e. The SMILES string of the molecule is C=CC(CC/C=C(/C)CC)C1CCC2C3CCC4CC(Oc5ccc(N)cc5N)CCC4(C)C3CCC12C=C. The molecule has 4 aliphatic carbocycles. The molecule has 3 heteroatoms. The van der Waals surface area contributed by atoms with Gasteiger partial charge in [0.1, 0.15) is 5.75 Å². The molecular weight excluding hydrogens is 476 g/mol. The van der Waals surface area contributed by atoms with Crippen LogP contribution in [0.4, 0.5) is 11.4 Å². The number of anilines is 2. The smallest absolute Gasteiger partial charge is 0.142 e. The fourth-order valence-corrected chi connectivity index (χ4v) is 10.1. The second-order valence-corrected chi connectivity index (χ2v) is 13.9. The molecule has 4 N–H and O–H groups in total. The molecular formula is C36H54N2O. The first kappa shape index (κ1) is 28.4. The number of rotatable bonds is 9. The number of allylic oxidation sites excluding steroid dienone is 4. The van der Waals surface area contributed by atoms with E-state index in [0.717, 1.165) is 48.7 Å². The third-order valence-corrected chi connectivity index (χ3v) is 12.3. The Morgan fingerprint density at radius 1 is 1.08 bits per heavy atom. The fourth-order valence-electron chi connectivity index (χ4n) is 10.1. The van der Waals surface area contributed by atoms with Crippen LogP contribution in [-0.4, -0.2) is 6.10 Å². The van der Waals surface area contributed by atoms with Gasteiger partial charge in [-0.05, 0) is 149 Å². The Bertz CT molecular complexity index is 1080. The van der Waals surface area contributed by atoms with E-state index in [1.54, 1.807) is 0 Å². The third-order valence-electron chi connectivity index (χ3n) is 12.3. The minimum atomic E-state index is 0.260. The van der Waals surface area contributed by atoms with E-state index in [9.17, 15) is 0 Å². The van der Waals surface area contributed by atoms with Crippen LogP contribution in [0, 0.1) is 46.3 Å².